The van der Waals surface area contributed by atoms with Crippen LogP contribution in [0.15, 0.2) is 101 Å². The Bertz CT molecular complexity index is 1910. The number of Topliss-reactive ketones (excluding diaryl/α,β-unsaturated/α-hetero) is 1. The number of aliphatic imine (C=N–C) groups is 1. The van der Waals surface area contributed by atoms with Crippen LogP contribution in [0.5, 0.6) is 0 Å². The van der Waals surface area contributed by atoms with Crippen molar-refractivity contribution in [3.05, 3.63) is 118 Å². The molecule has 270 valence electrons. The predicted molar refractivity (Wildman–Crippen MR) is 205 cm³/mol. The molecule has 7 N–H and O–H groups in total. The summed E-state index contributed by atoms with van der Waals surface area (Å²) in [5.74, 6) is -1.78. The maximum Gasteiger partial charge on any atom is 0.243 e. The summed E-state index contributed by atoms with van der Waals surface area (Å²) in [4.78, 5) is 68.0. The zero-order valence-corrected chi connectivity index (χ0v) is 30.2. The third kappa shape index (κ3) is 11.5. The standard InChI is InChI=1S/C38H42N8O4S2/c39-38(40)41-21-9-15-29(34(48)37-46-28-14-7-8-16-32(28)52-37)44-35(49)30(19-17-25-10-3-1-4-11-25)45-36(50)31(22-27-23-51-24-42-27)43-33(47)20-18-26-12-5-2-6-13-26/h1-8,10-14,16,23-24,29-31H,9,15,17-22H2,(H,43,47)(H,44,49)(H,45,50)(H4,39,40,41)/t29-,30-,31-/m0/s1. The van der Waals surface area contributed by atoms with Crippen LogP contribution in [0.4, 0.5) is 0 Å². The Kier molecular flexibility index (Phi) is 14.0. The van der Waals surface area contributed by atoms with Gasteiger partial charge in [0, 0.05) is 24.8 Å². The number of nitrogens with zero attached hydrogens (tertiary/aromatic N) is 3. The minimum absolute atomic E-state index is 0.0684. The molecule has 0 aliphatic carbocycles. The SMILES string of the molecule is NC(N)=NCCC[C@H](NC(=O)[C@H](CCc1ccccc1)NC(=O)[C@H](Cc1cscn1)NC(=O)CCc1ccccc1)C(=O)c1nc2ccccc2s1. The van der Waals surface area contributed by atoms with Gasteiger partial charge >= 0.3 is 0 Å². The van der Waals surface area contributed by atoms with Crippen LogP contribution in [-0.4, -0.2) is 64.1 Å². The molecule has 0 unspecified atom stereocenters. The number of hydrogen-bond donors (Lipinski definition) is 5. The number of benzene rings is 3. The zero-order valence-electron chi connectivity index (χ0n) is 28.6. The highest BCUT2D eigenvalue weighted by Crippen LogP contribution is 2.23. The number of aromatic nitrogens is 2. The molecule has 0 bridgehead atoms. The summed E-state index contributed by atoms with van der Waals surface area (Å²) in [5.41, 5.74) is 16.0. The van der Waals surface area contributed by atoms with E-state index in [9.17, 15) is 19.2 Å². The molecule has 0 radical (unpaired) electrons. The van der Waals surface area contributed by atoms with Crippen LogP contribution in [0.1, 0.15) is 52.3 Å². The Labute approximate surface area is 310 Å². The third-order valence-corrected chi connectivity index (χ3v) is 10.00. The van der Waals surface area contributed by atoms with Gasteiger partial charge < -0.3 is 27.4 Å². The van der Waals surface area contributed by atoms with Crippen LogP contribution in [-0.2, 0) is 33.6 Å². The number of hydrogen-bond acceptors (Lipinski definition) is 9. The monoisotopic (exact) mass is 738 g/mol. The summed E-state index contributed by atoms with van der Waals surface area (Å²) >= 11 is 2.64. The number of carbonyl (C=O) groups is 4. The Morgan fingerprint density at radius 2 is 1.40 bits per heavy atom. The van der Waals surface area contributed by atoms with Crippen molar-refractivity contribution in [2.45, 2.75) is 63.1 Å². The number of aryl methyl sites for hydroxylation is 2. The highest BCUT2D eigenvalue weighted by atomic mass is 32.1. The predicted octanol–water partition coefficient (Wildman–Crippen LogP) is 3.95. The molecule has 5 aromatic rings. The van der Waals surface area contributed by atoms with Crippen molar-refractivity contribution in [1.82, 2.24) is 25.9 Å². The van der Waals surface area contributed by atoms with E-state index in [2.05, 4.69) is 30.9 Å². The normalized spacial score (nSPS) is 12.7. The van der Waals surface area contributed by atoms with E-state index < -0.39 is 29.9 Å². The number of guanidine groups is 1. The molecule has 0 spiro atoms. The fourth-order valence-corrected chi connectivity index (χ4v) is 7.13. The van der Waals surface area contributed by atoms with E-state index in [1.54, 1.807) is 5.51 Å². The minimum atomic E-state index is -1.03. The molecule has 0 saturated heterocycles. The van der Waals surface area contributed by atoms with E-state index in [0.717, 1.165) is 15.8 Å². The van der Waals surface area contributed by atoms with Crippen molar-refractivity contribution in [3.63, 3.8) is 0 Å². The van der Waals surface area contributed by atoms with E-state index in [1.807, 2.05) is 90.3 Å². The first-order valence-electron chi connectivity index (χ1n) is 17.1. The number of para-hydroxylation sites is 1. The molecule has 5 rings (SSSR count). The van der Waals surface area contributed by atoms with Crippen LogP contribution in [0.2, 0.25) is 0 Å². The average molecular weight is 739 g/mol. The second kappa shape index (κ2) is 19.2. The molecule has 0 fully saturated rings. The lowest BCUT2D eigenvalue weighted by molar-refractivity contribution is -0.132. The van der Waals surface area contributed by atoms with Crippen molar-refractivity contribution in [1.29, 1.82) is 0 Å². The van der Waals surface area contributed by atoms with Crippen molar-refractivity contribution < 1.29 is 19.2 Å². The first-order valence-corrected chi connectivity index (χ1v) is 18.8. The van der Waals surface area contributed by atoms with Crippen LogP contribution < -0.4 is 27.4 Å². The third-order valence-electron chi connectivity index (χ3n) is 8.31. The number of thiazole rings is 2. The average Bonchev–Trinajstić information content (AvgIpc) is 3.84. The maximum atomic E-state index is 14.1. The zero-order chi connectivity index (χ0) is 36.7. The van der Waals surface area contributed by atoms with Gasteiger partial charge in [0.1, 0.15) is 12.1 Å². The number of nitrogens with two attached hydrogens (primary N) is 2. The van der Waals surface area contributed by atoms with E-state index in [1.165, 1.54) is 22.7 Å². The molecule has 52 heavy (non-hydrogen) atoms. The Hall–Kier alpha value is -5.47. The van der Waals surface area contributed by atoms with E-state index in [4.69, 9.17) is 11.5 Å². The van der Waals surface area contributed by atoms with E-state index >= 15 is 0 Å². The Morgan fingerprint density at radius 3 is 2.08 bits per heavy atom. The van der Waals surface area contributed by atoms with Crippen molar-refractivity contribution >= 4 is 62.4 Å². The number of rotatable bonds is 19. The molecule has 3 aromatic carbocycles. The second-order valence-corrected chi connectivity index (χ2v) is 14.0. The van der Waals surface area contributed by atoms with Gasteiger partial charge in [-0.1, -0.05) is 72.8 Å². The van der Waals surface area contributed by atoms with Gasteiger partial charge in [-0.15, -0.1) is 22.7 Å². The van der Waals surface area contributed by atoms with E-state index in [0.29, 0.717) is 30.5 Å². The van der Waals surface area contributed by atoms with Gasteiger partial charge in [0.2, 0.25) is 23.5 Å². The lowest BCUT2D eigenvalue weighted by atomic mass is 10.0. The maximum absolute atomic E-state index is 14.1. The minimum Gasteiger partial charge on any atom is -0.370 e. The second-order valence-electron chi connectivity index (χ2n) is 12.2. The molecule has 12 nitrogen and oxygen atoms in total. The highest BCUT2D eigenvalue weighted by molar-refractivity contribution is 7.20. The first-order chi connectivity index (χ1) is 25.2. The van der Waals surface area contributed by atoms with Crippen LogP contribution in [0, 0.1) is 0 Å². The first kappa shape index (κ1) is 37.8. The lowest BCUT2D eigenvalue weighted by Crippen LogP contribution is -2.56. The number of ketones is 1. The molecule has 2 aromatic heterocycles. The van der Waals surface area contributed by atoms with Crippen molar-refractivity contribution in [3.8, 4) is 0 Å². The largest absolute Gasteiger partial charge is 0.370 e. The summed E-state index contributed by atoms with van der Waals surface area (Å²) in [6.45, 7) is 0.262. The molecular weight excluding hydrogens is 697 g/mol. The summed E-state index contributed by atoms with van der Waals surface area (Å²) in [6, 6.07) is 23.7. The quantitative estimate of drug-likeness (QED) is 0.0364. The molecule has 3 atom stereocenters. The number of fused-ring (bicyclic) bond motifs is 1. The summed E-state index contributed by atoms with van der Waals surface area (Å²) in [5, 5.41) is 10.8. The molecule has 3 amide bonds. The Balaban J connectivity index is 1.35. The van der Waals surface area contributed by atoms with Crippen molar-refractivity contribution in [2.24, 2.45) is 16.5 Å². The van der Waals surface area contributed by atoms with Crippen LogP contribution >= 0.6 is 22.7 Å². The van der Waals surface area contributed by atoms with Gasteiger partial charge in [-0.25, -0.2) is 9.97 Å². The fraction of sp³-hybridized carbons (Fsp3) is 0.289. The lowest BCUT2D eigenvalue weighted by Gasteiger charge is -2.25. The van der Waals surface area contributed by atoms with Gasteiger partial charge in [0.15, 0.2) is 11.0 Å². The smallest absolute Gasteiger partial charge is 0.243 e. The van der Waals surface area contributed by atoms with Gasteiger partial charge in [0.05, 0.1) is 27.5 Å². The molecule has 0 aliphatic rings. The number of carbonyl (C=O) groups excluding carboxylic acids is 4. The van der Waals surface area contributed by atoms with Crippen LogP contribution in [0.3, 0.4) is 0 Å². The van der Waals surface area contributed by atoms with Crippen LogP contribution in [0.25, 0.3) is 10.2 Å². The Morgan fingerprint density at radius 1 is 0.750 bits per heavy atom. The topological polar surface area (TPSA) is 195 Å². The van der Waals surface area contributed by atoms with Gasteiger partial charge in [-0.3, -0.25) is 24.2 Å². The summed E-state index contributed by atoms with van der Waals surface area (Å²) in [6.07, 6.45) is 2.18. The summed E-state index contributed by atoms with van der Waals surface area (Å²) in [7, 11) is 0. The summed E-state index contributed by atoms with van der Waals surface area (Å²) < 4.78 is 0.849. The van der Waals surface area contributed by atoms with E-state index in [-0.39, 0.29) is 54.9 Å². The fourth-order valence-electron chi connectivity index (χ4n) is 5.59. The van der Waals surface area contributed by atoms with Gasteiger partial charge in [-0.05, 0) is 55.4 Å². The molecular formula is C38H42N8O4S2. The van der Waals surface area contributed by atoms with Gasteiger partial charge in [-0.2, -0.15) is 0 Å². The van der Waals surface area contributed by atoms with Crippen molar-refractivity contribution in [2.75, 3.05) is 6.54 Å². The highest BCUT2D eigenvalue weighted by Gasteiger charge is 2.31. The molecule has 2 heterocycles. The molecule has 14 heteroatoms. The molecule has 0 saturated carbocycles. The number of amides is 3. The number of nitrogens with one attached hydrogen (secondary N) is 3. The molecule has 0 aliphatic heterocycles. The van der Waals surface area contributed by atoms with Gasteiger partial charge in [0.25, 0.3) is 0 Å².